The summed E-state index contributed by atoms with van der Waals surface area (Å²) in [5.41, 5.74) is 0. The molecular weight excluding hydrogens is 108 g/mol. The summed E-state index contributed by atoms with van der Waals surface area (Å²) in [6.07, 6.45) is 4.68. The highest BCUT2D eigenvalue weighted by atomic mass is 35.5. The Balaban J connectivity index is 2.06. The molecule has 0 aliphatic heterocycles. The van der Waals surface area contributed by atoms with Crippen LogP contribution in [0.3, 0.4) is 0 Å². The molecule has 0 amide bonds. The highest BCUT2D eigenvalue weighted by Crippen LogP contribution is 2.32. The van der Waals surface area contributed by atoms with Crippen LogP contribution in [0.4, 0.5) is 0 Å². The molecule has 0 spiro atoms. The maximum absolute atomic E-state index is 5.67. The van der Waals surface area contributed by atoms with E-state index in [-0.39, 0.29) is 0 Å². The predicted octanol–water partition coefficient (Wildman–Crippen LogP) is 2.23. The summed E-state index contributed by atoms with van der Waals surface area (Å²) in [7, 11) is 0. The minimum Gasteiger partial charge on any atom is -0.123 e. The zero-order chi connectivity index (χ0) is 5.28. The van der Waals surface area contributed by atoms with Crippen LogP contribution in [0.5, 0.6) is 0 Å². The first-order chi connectivity index (χ1) is 3.33. The molecule has 1 rings (SSSR count). The third-order valence-corrected chi connectivity index (χ3v) is 1.86. The van der Waals surface area contributed by atoms with Crippen LogP contribution in [0.2, 0.25) is 0 Å². The maximum Gasteiger partial charge on any atom is 0.0372 e. The Bertz CT molecular complexity index is 55.2. The smallest absolute Gasteiger partial charge is 0.0372 e. The van der Waals surface area contributed by atoms with Crippen LogP contribution in [0.15, 0.2) is 0 Å². The van der Waals surface area contributed by atoms with Gasteiger partial charge in [-0.25, -0.2) is 0 Å². The van der Waals surface area contributed by atoms with Gasteiger partial charge in [0.2, 0.25) is 0 Å². The van der Waals surface area contributed by atoms with Crippen LogP contribution < -0.4 is 0 Å². The monoisotopic (exact) mass is 117 g/mol. The van der Waals surface area contributed by atoms with Crippen molar-refractivity contribution >= 4 is 11.6 Å². The molecule has 1 heteroatoms. The first kappa shape index (κ1) is 5.43. The first-order valence-electron chi connectivity index (χ1n) is 2.82. The third kappa shape index (κ3) is 1.09. The first-order valence-corrected chi connectivity index (χ1v) is 3.25. The Morgan fingerprint density at radius 1 is 1.86 bits per heavy atom. The number of halogens is 1. The van der Waals surface area contributed by atoms with E-state index in [1.807, 2.05) is 0 Å². The predicted molar refractivity (Wildman–Crippen MR) is 32.3 cm³/mol. The lowest BCUT2D eigenvalue weighted by atomic mass is 9.83. The largest absolute Gasteiger partial charge is 0.123 e. The van der Waals surface area contributed by atoms with Gasteiger partial charge in [0.15, 0.2) is 0 Å². The van der Waals surface area contributed by atoms with Gasteiger partial charge in [0.05, 0.1) is 0 Å². The molecule has 1 saturated carbocycles. The summed E-state index contributed by atoms with van der Waals surface area (Å²) in [6, 6.07) is 0. The van der Waals surface area contributed by atoms with E-state index in [2.05, 4.69) is 13.3 Å². The molecule has 0 aromatic carbocycles. The molecule has 1 radical (unpaired) electrons. The molecule has 2 unspecified atom stereocenters. The zero-order valence-corrected chi connectivity index (χ0v) is 5.28. The minimum absolute atomic E-state index is 0.393. The SMILES string of the molecule is CCC1[CH]C(Cl)C1. The van der Waals surface area contributed by atoms with Crippen molar-refractivity contribution in [1.82, 2.24) is 0 Å². The third-order valence-electron chi connectivity index (χ3n) is 1.53. The van der Waals surface area contributed by atoms with Crippen molar-refractivity contribution in [1.29, 1.82) is 0 Å². The Labute approximate surface area is 49.9 Å². The molecule has 1 fully saturated rings. The van der Waals surface area contributed by atoms with Crippen molar-refractivity contribution in [2.45, 2.75) is 25.1 Å². The Kier molecular flexibility index (Phi) is 1.58. The highest BCUT2D eigenvalue weighted by molar-refractivity contribution is 6.22. The fourth-order valence-corrected chi connectivity index (χ4v) is 1.28. The van der Waals surface area contributed by atoms with Gasteiger partial charge in [0.25, 0.3) is 0 Å². The van der Waals surface area contributed by atoms with E-state index in [0.717, 1.165) is 5.92 Å². The lowest BCUT2D eigenvalue weighted by Gasteiger charge is -2.28. The van der Waals surface area contributed by atoms with Crippen LogP contribution >= 0.6 is 11.6 Å². The average Bonchev–Trinajstić information content (AvgIpc) is 1.58. The lowest BCUT2D eigenvalue weighted by molar-refractivity contribution is 0.427. The second-order valence-electron chi connectivity index (χ2n) is 2.11. The van der Waals surface area contributed by atoms with Gasteiger partial charge in [-0.15, -0.1) is 11.6 Å². The number of rotatable bonds is 1. The minimum atomic E-state index is 0.393. The Morgan fingerprint density at radius 3 is 2.57 bits per heavy atom. The lowest BCUT2D eigenvalue weighted by Crippen LogP contribution is -2.23. The summed E-state index contributed by atoms with van der Waals surface area (Å²) in [6.45, 7) is 2.20. The van der Waals surface area contributed by atoms with Gasteiger partial charge in [0.1, 0.15) is 0 Å². The standard InChI is InChI=1S/C6H10Cl/c1-2-5-3-6(7)4-5/h3,5-6H,2,4H2,1H3. The van der Waals surface area contributed by atoms with Crippen LogP contribution in [0, 0.1) is 12.3 Å². The fraction of sp³-hybridized carbons (Fsp3) is 0.833. The van der Waals surface area contributed by atoms with Gasteiger partial charge in [-0.1, -0.05) is 13.3 Å². The molecule has 2 atom stereocenters. The van der Waals surface area contributed by atoms with Crippen molar-refractivity contribution < 1.29 is 0 Å². The average molecular weight is 118 g/mol. The maximum atomic E-state index is 5.67. The summed E-state index contributed by atoms with van der Waals surface area (Å²) < 4.78 is 0. The van der Waals surface area contributed by atoms with Gasteiger partial charge < -0.3 is 0 Å². The van der Waals surface area contributed by atoms with E-state index in [0.29, 0.717) is 5.38 Å². The van der Waals surface area contributed by atoms with E-state index in [1.54, 1.807) is 0 Å². The van der Waals surface area contributed by atoms with Gasteiger partial charge in [-0.3, -0.25) is 0 Å². The van der Waals surface area contributed by atoms with Crippen LogP contribution in [0.25, 0.3) is 0 Å². The van der Waals surface area contributed by atoms with Crippen molar-refractivity contribution in [2.75, 3.05) is 0 Å². The molecule has 0 heterocycles. The van der Waals surface area contributed by atoms with Crippen molar-refractivity contribution in [3.8, 4) is 0 Å². The van der Waals surface area contributed by atoms with Gasteiger partial charge in [0, 0.05) is 5.38 Å². The number of hydrogen-bond donors (Lipinski definition) is 0. The van der Waals surface area contributed by atoms with Gasteiger partial charge in [-0.05, 0) is 18.8 Å². The number of alkyl halides is 1. The van der Waals surface area contributed by atoms with Crippen molar-refractivity contribution in [3.63, 3.8) is 0 Å². The molecule has 0 bridgehead atoms. The van der Waals surface area contributed by atoms with Crippen LogP contribution in [-0.2, 0) is 0 Å². The zero-order valence-electron chi connectivity index (χ0n) is 4.52. The van der Waals surface area contributed by atoms with E-state index in [1.165, 1.54) is 12.8 Å². The normalized spacial score (nSPS) is 40.3. The molecule has 41 valence electrons. The molecule has 0 aromatic rings. The fourth-order valence-electron chi connectivity index (χ4n) is 0.849. The Hall–Kier alpha value is 0.290. The summed E-state index contributed by atoms with van der Waals surface area (Å²) in [4.78, 5) is 0. The molecule has 0 nitrogen and oxygen atoms in total. The molecule has 0 aromatic heterocycles. The highest BCUT2D eigenvalue weighted by Gasteiger charge is 2.25. The van der Waals surface area contributed by atoms with Crippen molar-refractivity contribution in [2.24, 2.45) is 5.92 Å². The molecule has 0 N–H and O–H groups in total. The Morgan fingerprint density at radius 2 is 2.43 bits per heavy atom. The van der Waals surface area contributed by atoms with E-state index in [9.17, 15) is 0 Å². The molecular formula is C6H10Cl. The number of hydrogen-bond acceptors (Lipinski definition) is 0. The summed E-state index contributed by atoms with van der Waals surface area (Å²) in [5.74, 6) is 0.836. The van der Waals surface area contributed by atoms with Crippen molar-refractivity contribution in [3.05, 3.63) is 6.42 Å². The summed E-state index contributed by atoms with van der Waals surface area (Å²) in [5, 5.41) is 0.393. The second kappa shape index (κ2) is 2.04. The van der Waals surface area contributed by atoms with Crippen LogP contribution in [-0.4, -0.2) is 5.38 Å². The van der Waals surface area contributed by atoms with E-state index < -0.39 is 0 Å². The molecule has 7 heavy (non-hydrogen) atoms. The second-order valence-corrected chi connectivity index (χ2v) is 2.67. The van der Waals surface area contributed by atoms with Crippen LogP contribution in [0.1, 0.15) is 19.8 Å². The van der Waals surface area contributed by atoms with Gasteiger partial charge in [-0.2, -0.15) is 0 Å². The summed E-state index contributed by atoms with van der Waals surface area (Å²) >= 11 is 5.67. The molecule has 1 aliphatic carbocycles. The molecule has 0 saturated heterocycles. The quantitative estimate of drug-likeness (QED) is 0.462. The van der Waals surface area contributed by atoms with E-state index >= 15 is 0 Å². The molecule has 1 aliphatic rings. The van der Waals surface area contributed by atoms with Gasteiger partial charge >= 0.3 is 0 Å². The van der Waals surface area contributed by atoms with E-state index in [4.69, 9.17) is 11.6 Å². The topological polar surface area (TPSA) is 0 Å².